The quantitative estimate of drug-likeness (QED) is 0.766. The monoisotopic (exact) mass is 376 g/mol. The number of benzene rings is 2. The van der Waals surface area contributed by atoms with Crippen molar-refractivity contribution in [1.29, 1.82) is 0 Å². The molecule has 0 saturated carbocycles. The van der Waals surface area contributed by atoms with Crippen LogP contribution in [-0.4, -0.2) is 25.0 Å². The van der Waals surface area contributed by atoms with Crippen molar-refractivity contribution in [3.63, 3.8) is 0 Å². The van der Waals surface area contributed by atoms with Crippen LogP contribution in [0.5, 0.6) is 0 Å². The second kappa shape index (κ2) is 6.78. The molecule has 3 rings (SSSR count). The number of amidine groups is 1. The normalized spacial score (nSPS) is 13.2. The number of anilines is 2. The smallest absolute Gasteiger partial charge is 0.323 e. The Morgan fingerprint density at radius 2 is 2.00 bits per heavy atom. The van der Waals surface area contributed by atoms with Crippen molar-refractivity contribution < 1.29 is 9.18 Å². The van der Waals surface area contributed by atoms with E-state index in [1.54, 1.807) is 12.1 Å². The average Bonchev–Trinajstić information content (AvgIpc) is 3.00. The summed E-state index contributed by atoms with van der Waals surface area (Å²) >= 11 is 3.42. The Hall–Kier alpha value is -2.41. The highest BCUT2D eigenvalue weighted by atomic mass is 79.9. The van der Waals surface area contributed by atoms with Crippen molar-refractivity contribution >= 4 is 39.2 Å². The second-order valence-corrected chi connectivity index (χ2v) is 5.89. The molecule has 5 nitrogen and oxygen atoms in total. The summed E-state index contributed by atoms with van der Waals surface area (Å²) in [5.74, 6) is 0.401. The highest BCUT2D eigenvalue weighted by molar-refractivity contribution is 9.10. The van der Waals surface area contributed by atoms with E-state index in [4.69, 9.17) is 0 Å². The van der Waals surface area contributed by atoms with Crippen LogP contribution in [0.1, 0.15) is 5.56 Å². The number of hydrogen-bond acceptors (Lipinski definition) is 3. The molecule has 2 amide bonds. The van der Waals surface area contributed by atoms with Crippen LogP contribution in [0.15, 0.2) is 51.9 Å². The van der Waals surface area contributed by atoms with Crippen LogP contribution in [0.2, 0.25) is 0 Å². The molecule has 1 aliphatic heterocycles. The van der Waals surface area contributed by atoms with Crippen molar-refractivity contribution in [3.8, 4) is 0 Å². The maximum atomic E-state index is 13.1. The highest BCUT2D eigenvalue weighted by Gasteiger charge is 2.11. The summed E-state index contributed by atoms with van der Waals surface area (Å²) in [5, 5.41) is 8.50. The topological polar surface area (TPSA) is 65.5 Å². The predicted molar refractivity (Wildman–Crippen MR) is 92.6 cm³/mol. The minimum absolute atomic E-state index is 0.388. The van der Waals surface area contributed by atoms with E-state index in [-0.39, 0.29) is 0 Å². The Bertz CT molecular complexity index is 778. The largest absolute Gasteiger partial charge is 0.368 e. The van der Waals surface area contributed by atoms with Gasteiger partial charge >= 0.3 is 6.03 Å². The van der Waals surface area contributed by atoms with E-state index < -0.39 is 11.8 Å². The van der Waals surface area contributed by atoms with E-state index in [1.807, 2.05) is 12.1 Å². The molecule has 2 aromatic rings. The lowest BCUT2D eigenvalue weighted by atomic mass is 10.2. The van der Waals surface area contributed by atoms with Gasteiger partial charge in [-0.25, -0.2) is 9.18 Å². The van der Waals surface area contributed by atoms with Crippen LogP contribution in [0.4, 0.5) is 20.6 Å². The summed E-state index contributed by atoms with van der Waals surface area (Å²) in [5.41, 5.74) is 1.89. The van der Waals surface area contributed by atoms with Crippen molar-refractivity contribution in [3.05, 3.63) is 58.3 Å². The number of nitrogens with one attached hydrogen (secondary N) is 3. The lowest BCUT2D eigenvalue weighted by molar-refractivity contribution is 0.262. The number of carbonyl (C=O) groups is 1. The van der Waals surface area contributed by atoms with Crippen LogP contribution in [0.3, 0.4) is 0 Å². The molecule has 118 valence electrons. The van der Waals surface area contributed by atoms with Gasteiger partial charge in [0.1, 0.15) is 11.7 Å². The van der Waals surface area contributed by atoms with Gasteiger partial charge in [0.15, 0.2) is 0 Å². The van der Waals surface area contributed by atoms with E-state index >= 15 is 0 Å². The molecule has 0 atom stereocenters. The molecule has 0 unspecified atom stereocenters. The molecule has 0 radical (unpaired) electrons. The van der Waals surface area contributed by atoms with Gasteiger partial charge in [0.2, 0.25) is 0 Å². The van der Waals surface area contributed by atoms with Gasteiger partial charge in [-0.05, 0) is 36.4 Å². The maximum absolute atomic E-state index is 13.1. The molecule has 0 spiro atoms. The number of halogens is 2. The summed E-state index contributed by atoms with van der Waals surface area (Å²) in [6, 6.07) is 10.8. The van der Waals surface area contributed by atoms with Gasteiger partial charge in [-0.3, -0.25) is 4.99 Å². The van der Waals surface area contributed by atoms with E-state index in [0.29, 0.717) is 11.4 Å². The Kier molecular flexibility index (Phi) is 4.57. The van der Waals surface area contributed by atoms with Crippen molar-refractivity contribution in [2.75, 3.05) is 23.7 Å². The molecule has 0 aliphatic carbocycles. The van der Waals surface area contributed by atoms with Crippen LogP contribution in [0.25, 0.3) is 0 Å². The molecule has 1 aliphatic rings. The maximum Gasteiger partial charge on any atom is 0.323 e. The molecule has 0 saturated heterocycles. The molecular formula is C16H14BrFN4O. The van der Waals surface area contributed by atoms with Crippen LogP contribution < -0.4 is 16.0 Å². The van der Waals surface area contributed by atoms with Gasteiger partial charge in [-0.2, -0.15) is 0 Å². The Morgan fingerprint density at radius 3 is 2.74 bits per heavy atom. The van der Waals surface area contributed by atoms with E-state index in [2.05, 4.69) is 36.9 Å². The fraction of sp³-hybridized carbons (Fsp3) is 0.125. The molecule has 0 aromatic heterocycles. The number of amides is 2. The number of urea groups is 1. The molecule has 7 heteroatoms. The molecule has 2 aromatic carbocycles. The third-order valence-corrected chi connectivity index (χ3v) is 3.64. The number of carbonyl (C=O) groups excluding carboxylic acids is 1. The zero-order chi connectivity index (χ0) is 16.2. The van der Waals surface area contributed by atoms with Crippen LogP contribution in [-0.2, 0) is 0 Å². The number of nitrogens with zero attached hydrogens (tertiary/aromatic N) is 1. The van der Waals surface area contributed by atoms with E-state index in [1.165, 1.54) is 18.2 Å². The molecule has 23 heavy (non-hydrogen) atoms. The van der Waals surface area contributed by atoms with Gasteiger partial charge in [-0.1, -0.05) is 22.0 Å². The first-order valence-electron chi connectivity index (χ1n) is 7.03. The fourth-order valence-corrected chi connectivity index (χ4v) is 2.74. The third kappa shape index (κ3) is 4.07. The Labute approximate surface area is 141 Å². The highest BCUT2D eigenvalue weighted by Crippen LogP contribution is 2.21. The van der Waals surface area contributed by atoms with Gasteiger partial charge in [-0.15, -0.1) is 0 Å². The number of hydrogen-bond donors (Lipinski definition) is 3. The predicted octanol–water partition coefficient (Wildman–Crippen LogP) is 3.58. The summed E-state index contributed by atoms with van der Waals surface area (Å²) in [6.07, 6.45) is 0. The lowest BCUT2D eigenvalue weighted by Gasteiger charge is -2.10. The first-order chi connectivity index (χ1) is 11.1. The molecular weight excluding hydrogens is 363 g/mol. The standard InChI is InChI=1S/C16H14BrFN4O/c17-11-6-10(15-19-4-5-20-15)7-14(8-11)22-16(23)21-13-3-1-2-12(18)9-13/h1-3,6-9H,4-5H2,(H,19,20)(H2,21,22,23). The second-order valence-electron chi connectivity index (χ2n) is 4.98. The first kappa shape index (κ1) is 15.5. The van der Waals surface area contributed by atoms with Crippen LogP contribution >= 0.6 is 15.9 Å². The Balaban J connectivity index is 1.73. The van der Waals surface area contributed by atoms with E-state index in [9.17, 15) is 9.18 Å². The van der Waals surface area contributed by atoms with Crippen molar-refractivity contribution in [2.24, 2.45) is 4.99 Å². The van der Waals surface area contributed by atoms with Crippen LogP contribution in [0, 0.1) is 5.82 Å². The van der Waals surface area contributed by atoms with Gasteiger partial charge in [0, 0.05) is 28.0 Å². The molecule has 1 heterocycles. The summed E-state index contributed by atoms with van der Waals surface area (Å²) in [7, 11) is 0. The Morgan fingerprint density at radius 1 is 1.17 bits per heavy atom. The van der Waals surface area contributed by atoms with Gasteiger partial charge < -0.3 is 16.0 Å². The first-order valence-corrected chi connectivity index (χ1v) is 7.82. The van der Waals surface area contributed by atoms with Gasteiger partial charge in [0.25, 0.3) is 0 Å². The summed E-state index contributed by atoms with van der Waals surface area (Å²) in [4.78, 5) is 16.4. The molecule has 0 fully saturated rings. The number of aliphatic imine (C=N–C) groups is 1. The fourth-order valence-electron chi connectivity index (χ4n) is 2.25. The summed E-state index contributed by atoms with van der Waals surface area (Å²) in [6.45, 7) is 1.55. The molecule has 3 N–H and O–H groups in total. The zero-order valence-electron chi connectivity index (χ0n) is 12.1. The average molecular weight is 377 g/mol. The van der Waals surface area contributed by atoms with Gasteiger partial charge in [0.05, 0.1) is 6.54 Å². The number of rotatable bonds is 3. The summed E-state index contributed by atoms with van der Waals surface area (Å²) < 4.78 is 14.0. The third-order valence-electron chi connectivity index (χ3n) is 3.19. The van der Waals surface area contributed by atoms with Crippen molar-refractivity contribution in [2.45, 2.75) is 0 Å². The van der Waals surface area contributed by atoms with Crippen molar-refractivity contribution in [1.82, 2.24) is 5.32 Å². The zero-order valence-corrected chi connectivity index (χ0v) is 13.7. The van der Waals surface area contributed by atoms with E-state index in [0.717, 1.165) is 29.0 Å². The molecule has 0 bridgehead atoms. The lowest BCUT2D eigenvalue weighted by Crippen LogP contribution is -2.21. The SMILES string of the molecule is O=C(Nc1cccc(F)c1)Nc1cc(Br)cc(C2=NCCN2)c1. The minimum atomic E-state index is -0.444. The minimum Gasteiger partial charge on any atom is -0.368 e.